The molecule has 212 valence electrons. The van der Waals surface area contributed by atoms with E-state index in [0.717, 1.165) is 73.0 Å². The second-order valence-corrected chi connectivity index (χ2v) is 10.9. The van der Waals surface area contributed by atoms with Crippen molar-refractivity contribution in [2.45, 2.75) is 0 Å². The molecule has 8 rings (SSSR count). The van der Waals surface area contributed by atoms with Crippen LogP contribution >= 0.6 is 0 Å². The number of hydrogen-bond acceptors (Lipinski definition) is 4. The molecule has 5 heteroatoms. The molecule has 6 aromatic carbocycles. The van der Waals surface area contributed by atoms with Gasteiger partial charge in [0.05, 0.1) is 22.4 Å². The van der Waals surface area contributed by atoms with E-state index in [0.29, 0.717) is 0 Å². The first-order chi connectivity index (χ1) is 22.3. The van der Waals surface area contributed by atoms with Crippen molar-refractivity contribution in [3.8, 4) is 67.5 Å². The van der Waals surface area contributed by atoms with E-state index in [9.17, 15) is 0 Å². The van der Waals surface area contributed by atoms with E-state index in [-0.39, 0.29) is 0 Å². The van der Waals surface area contributed by atoms with Gasteiger partial charge in [-0.3, -0.25) is 0 Å². The number of nitrogens with zero attached hydrogens (tertiary/aromatic N) is 4. The third-order valence-corrected chi connectivity index (χ3v) is 8.00. The van der Waals surface area contributed by atoms with Crippen molar-refractivity contribution in [3.63, 3.8) is 0 Å². The maximum absolute atomic E-state index is 5.12. The lowest BCUT2D eigenvalue weighted by Crippen LogP contribution is -1.96. The number of nitrogens with one attached hydrogen (secondary N) is 1. The first-order valence-corrected chi connectivity index (χ1v) is 14.9. The van der Waals surface area contributed by atoms with Crippen molar-refractivity contribution < 1.29 is 0 Å². The molecule has 0 aliphatic rings. The highest BCUT2D eigenvalue weighted by molar-refractivity contribution is 5.88. The average molecular weight is 578 g/mol. The Morgan fingerprint density at radius 3 is 1.31 bits per heavy atom. The van der Waals surface area contributed by atoms with Crippen molar-refractivity contribution in [2.75, 3.05) is 0 Å². The van der Waals surface area contributed by atoms with Crippen molar-refractivity contribution >= 4 is 11.0 Å². The zero-order valence-electron chi connectivity index (χ0n) is 24.3. The zero-order valence-corrected chi connectivity index (χ0v) is 24.3. The van der Waals surface area contributed by atoms with Gasteiger partial charge in [-0.2, -0.15) is 0 Å². The first kappa shape index (κ1) is 26.4. The van der Waals surface area contributed by atoms with E-state index in [1.807, 2.05) is 60.7 Å². The molecular formula is C40H27N5. The monoisotopic (exact) mass is 577 g/mol. The number of rotatable bonds is 6. The molecule has 5 nitrogen and oxygen atoms in total. The fourth-order valence-corrected chi connectivity index (χ4v) is 5.64. The summed E-state index contributed by atoms with van der Waals surface area (Å²) < 4.78 is 0. The Labute approximate surface area is 261 Å². The molecule has 0 atom stereocenters. The van der Waals surface area contributed by atoms with Crippen LogP contribution in [-0.2, 0) is 0 Å². The Hall–Kier alpha value is -6.20. The molecule has 0 aliphatic heterocycles. The molecule has 0 spiro atoms. The normalized spacial score (nSPS) is 11.1. The lowest BCUT2D eigenvalue weighted by atomic mass is 9.97. The molecule has 45 heavy (non-hydrogen) atoms. The van der Waals surface area contributed by atoms with Crippen LogP contribution in [0.4, 0.5) is 0 Å². The minimum absolute atomic E-state index is 0.745. The molecule has 8 aromatic rings. The van der Waals surface area contributed by atoms with E-state index < -0.39 is 0 Å². The topological polar surface area (TPSA) is 67.3 Å². The lowest BCUT2D eigenvalue weighted by molar-refractivity contribution is 1.10. The third-order valence-electron chi connectivity index (χ3n) is 8.00. The molecule has 0 fully saturated rings. The number of fused-ring (bicyclic) bond motifs is 1. The standard InChI is InChI=1S/C40H27N5/c1-3-10-27(11-4-1)33-14-9-15-34(26-33)38-37(41-35-16-7-8-17-36(35)42-38)30-22-18-28(19-23-30)29-20-24-32(25-21-29)40-43-39(44-45-40)31-12-5-2-6-13-31/h1-26H,(H,43,44,45). The Morgan fingerprint density at radius 1 is 0.311 bits per heavy atom. The van der Waals surface area contributed by atoms with Crippen LogP contribution in [0.2, 0.25) is 0 Å². The Bertz CT molecular complexity index is 2240. The molecule has 0 saturated carbocycles. The predicted molar refractivity (Wildman–Crippen MR) is 182 cm³/mol. The highest BCUT2D eigenvalue weighted by atomic mass is 15.2. The molecule has 0 aliphatic carbocycles. The van der Waals surface area contributed by atoms with Crippen molar-refractivity contribution in [3.05, 3.63) is 158 Å². The van der Waals surface area contributed by atoms with Crippen LogP contribution < -0.4 is 0 Å². The second kappa shape index (κ2) is 11.5. The van der Waals surface area contributed by atoms with Crippen molar-refractivity contribution in [1.82, 2.24) is 25.1 Å². The maximum atomic E-state index is 5.12. The number of para-hydroxylation sites is 2. The highest BCUT2D eigenvalue weighted by Gasteiger charge is 2.15. The molecular weight excluding hydrogens is 550 g/mol. The van der Waals surface area contributed by atoms with Crippen LogP contribution in [0, 0.1) is 0 Å². The van der Waals surface area contributed by atoms with Crippen LogP contribution in [0.3, 0.4) is 0 Å². The summed E-state index contributed by atoms with van der Waals surface area (Å²) in [6.45, 7) is 0. The van der Waals surface area contributed by atoms with E-state index in [4.69, 9.17) is 9.97 Å². The van der Waals surface area contributed by atoms with Crippen LogP contribution in [0.25, 0.3) is 78.6 Å². The summed E-state index contributed by atoms with van der Waals surface area (Å²) in [7, 11) is 0. The van der Waals surface area contributed by atoms with E-state index in [1.54, 1.807) is 0 Å². The van der Waals surface area contributed by atoms with Gasteiger partial charge in [0.15, 0.2) is 11.6 Å². The van der Waals surface area contributed by atoms with Gasteiger partial charge in [0.1, 0.15) is 0 Å². The SMILES string of the molecule is c1ccc(-c2cccc(-c3nc4ccccc4nc3-c3ccc(-c4ccc(-c5nnc(-c6ccccc6)[nH]5)cc4)cc3)c2)cc1. The summed E-state index contributed by atoms with van der Waals surface area (Å²) in [6, 6.07) is 54.0. The zero-order chi connectivity index (χ0) is 30.0. The first-order valence-electron chi connectivity index (χ1n) is 14.9. The summed E-state index contributed by atoms with van der Waals surface area (Å²) in [5, 5.41) is 8.70. The van der Waals surface area contributed by atoms with Gasteiger partial charge >= 0.3 is 0 Å². The fourth-order valence-electron chi connectivity index (χ4n) is 5.64. The van der Waals surface area contributed by atoms with Gasteiger partial charge in [0.25, 0.3) is 0 Å². The maximum Gasteiger partial charge on any atom is 0.161 e. The van der Waals surface area contributed by atoms with Gasteiger partial charge in [-0.25, -0.2) is 9.97 Å². The van der Waals surface area contributed by atoms with E-state index >= 15 is 0 Å². The second-order valence-electron chi connectivity index (χ2n) is 10.9. The van der Waals surface area contributed by atoms with E-state index in [2.05, 4.69) is 112 Å². The fraction of sp³-hybridized carbons (Fsp3) is 0. The highest BCUT2D eigenvalue weighted by Crippen LogP contribution is 2.34. The van der Waals surface area contributed by atoms with Gasteiger partial charge in [0.2, 0.25) is 0 Å². The quantitative estimate of drug-likeness (QED) is 0.214. The van der Waals surface area contributed by atoms with Gasteiger partial charge in [-0.05, 0) is 40.5 Å². The van der Waals surface area contributed by atoms with Crippen molar-refractivity contribution in [2.24, 2.45) is 0 Å². The summed E-state index contributed by atoms with van der Waals surface area (Å²) in [5.41, 5.74) is 12.1. The van der Waals surface area contributed by atoms with Gasteiger partial charge < -0.3 is 4.98 Å². The predicted octanol–water partition coefficient (Wildman–Crippen LogP) is 9.75. The summed E-state index contributed by atoms with van der Waals surface area (Å²) in [6.07, 6.45) is 0. The van der Waals surface area contributed by atoms with Crippen LogP contribution in [0.1, 0.15) is 0 Å². The number of hydrogen-bond donors (Lipinski definition) is 1. The average Bonchev–Trinajstić information content (AvgIpc) is 3.63. The Kier molecular flexibility index (Phi) is 6.74. The molecule has 0 amide bonds. The van der Waals surface area contributed by atoms with E-state index in [1.165, 1.54) is 5.56 Å². The number of H-pyrrole nitrogens is 1. The van der Waals surface area contributed by atoms with Crippen LogP contribution in [-0.4, -0.2) is 25.1 Å². The number of aromatic amines is 1. The summed E-state index contributed by atoms with van der Waals surface area (Å²) in [5.74, 6) is 1.50. The molecule has 2 heterocycles. The molecule has 1 N–H and O–H groups in total. The van der Waals surface area contributed by atoms with Crippen LogP contribution in [0.15, 0.2) is 158 Å². The molecule has 2 aromatic heterocycles. The lowest BCUT2D eigenvalue weighted by Gasteiger charge is -2.12. The largest absolute Gasteiger partial charge is 0.321 e. The molecule has 0 saturated heterocycles. The number of benzene rings is 6. The minimum atomic E-state index is 0.745. The molecule has 0 unspecified atom stereocenters. The van der Waals surface area contributed by atoms with Gasteiger partial charge in [-0.1, -0.05) is 140 Å². The smallest absolute Gasteiger partial charge is 0.161 e. The number of aromatic nitrogens is 5. The molecule has 0 bridgehead atoms. The van der Waals surface area contributed by atoms with Gasteiger partial charge in [0, 0.05) is 22.3 Å². The Morgan fingerprint density at radius 2 is 0.711 bits per heavy atom. The van der Waals surface area contributed by atoms with Crippen LogP contribution in [0.5, 0.6) is 0 Å². The van der Waals surface area contributed by atoms with Crippen molar-refractivity contribution in [1.29, 1.82) is 0 Å². The molecule has 0 radical (unpaired) electrons. The summed E-state index contributed by atoms with van der Waals surface area (Å²) >= 11 is 0. The Balaban J connectivity index is 1.12. The third kappa shape index (κ3) is 5.28. The minimum Gasteiger partial charge on any atom is -0.321 e. The summed E-state index contributed by atoms with van der Waals surface area (Å²) in [4.78, 5) is 13.6. The van der Waals surface area contributed by atoms with Gasteiger partial charge in [-0.15, -0.1) is 10.2 Å².